The van der Waals surface area contributed by atoms with Crippen LogP contribution in [0.2, 0.25) is 0 Å². The van der Waals surface area contributed by atoms with Gasteiger partial charge in [-0.3, -0.25) is 14.7 Å². The van der Waals surface area contributed by atoms with E-state index < -0.39 is 0 Å². The molecule has 0 radical (unpaired) electrons. The first-order valence-corrected chi connectivity index (χ1v) is 7.16. The van der Waals surface area contributed by atoms with Crippen molar-refractivity contribution in [2.24, 2.45) is 0 Å². The highest BCUT2D eigenvalue weighted by Gasteiger charge is 2.20. The van der Waals surface area contributed by atoms with Crippen molar-refractivity contribution < 1.29 is 4.79 Å². The highest BCUT2D eigenvalue weighted by molar-refractivity contribution is 5.97. The van der Waals surface area contributed by atoms with Gasteiger partial charge >= 0.3 is 0 Å². The van der Waals surface area contributed by atoms with Crippen LogP contribution in [-0.2, 0) is 6.42 Å². The van der Waals surface area contributed by atoms with Crippen LogP contribution in [0.1, 0.15) is 36.3 Å². The highest BCUT2D eigenvalue weighted by Crippen LogP contribution is 2.07. The molecule has 1 atom stereocenters. The van der Waals surface area contributed by atoms with Crippen LogP contribution in [0.5, 0.6) is 0 Å². The van der Waals surface area contributed by atoms with Crippen LogP contribution in [0.25, 0.3) is 0 Å². The number of aromatic nitrogens is 1. The van der Waals surface area contributed by atoms with E-state index in [0.717, 1.165) is 37.3 Å². The minimum Gasteiger partial charge on any atom is -0.313 e. The summed E-state index contributed by atoms with van der Waals surface area (Å²) in [5.74, 6) is 0.163. The molecule has 2 heterocycles. The summed E-state index contributed by atoms with van der Waals surface area (Å²) in [6.45, 7) is 7.63. The Morgan fingerprint density at radius 1 is 1.47 bits per heavy atom. The Bertz CT molecular complexity index is 412. The van der Waals surface area contributed by atoms with Gasteiger partial charge in [0, 0.05) is 30.0 Å². The van der Waals surface area contributed by atoms with Gasteiger partial charge in [-0.2, -0.15) is 0 Å². The minimum atomic E-state index is 0.163. The third kappa shape index (κ3) is 3.85. The first-order valence-electron chi connectivity index (χ1n) is 7.16. The molecule has 1 aromatic rings. The zero-order chi connectivity index (χ0) is 13.7. The van der Waals surface area contributed by atoms with E-state index in [1.807, 2.05) is 12.1 Å². The molecule has 0 spiro atoms. The molecule has 1 saturated heterocycles. The second kappa shape index (κ2) is 6.78. The molecule has 1 N–H and O–H groups in total. The number of hydrogen-bond donors (Lipinski definition) is 1. The average Bonchev–Trinajstić information content (AvgIpc) is 2.41. The number of hydrogen-bond acceptors (Lipinski definition) is 4. The first-order chi connectivity index (χ1) is 9.22. The van der Waals surface area contributed by atoms with Crippen LogP contribution in [0.15, 0.2) is 18.3 Å². The Morgan fingerprint density at radius 3 is 2.74 bits per heavy atom. The smallest absolute Gasteiger partial charge is 0.178 e. The zero-order valence-electron chi connectivity index (χ0n) is 11.9. The summed E-state index contributed by atoms with van der Waals surface area (Å²) in [6, 6.07) is 4.40. The summed E-state index contributed by atoms with van der Waals surface area (Å²) in [7, 11) is 0. The lowest BCUT2D eigenvalue weighted by Crippen LogP contribution is -2.51. The van der Waals surface area contributed by atoms with Gasteiger partial charge in [0.25, 0.3) is 0 Å². The fraction of sp³-hybridized carbons (Fsp3) is 0.600. The van der Waals surface area contributed by atoms with Crippen LogP contribution in [0, 0.1) is 0 Å². The quantitative estimate of drug-likeness (QED) is 0.756. The molecule has 19 heavy (non-hydrogen) atoms. The normalized spacial score (nSPS) is 18.4. The monoisotopic (exact) mass is 261 g/mol. The van der Waals surface area contributed by atoms with Crippen LogP contribution in [-0.4, -0.2) is 47.9 Å². The molecule has 1 unspecified atom stereocenters. The molecule has 1 aliphatic rings. The van der Waals surface area contributed by atoms with Gasteiger partial charge in [-0.05, 0) is 38.1 Å². The fourth-order valence-electron chi connectivity index (χ4n) is 2.21. The summed E-state index contributed by atoms with van der Waals surface area (Å²) in [5.41, 5.74) is 1.75. The van der Waals surface area contributed by atoms with Crippen molar-refractivity contribution in [1.29, 1.82) is 0 Å². The number of rotatable bonds is 7. The molecule has 0 aliphatic carbocycles. The predicted molar refractivity (Wildman–Crippen MR) is 76.5 cm³/mol. The predicted octanol–water partition coefficient (Wildman–Crippen LogP) is 1.51. The van der Waals surface area contributed by atoms with E-state index in [1.165, 1.54) is 6.42 Å². The fourth-order valence-corrected chi connectivity index (χ4v) is 2.21. The average molecular weight is 261 g/mol. The Balaban J connectivity index is 1.89. The molecule has 0 bridgehead atoms. The van der Waals surface area contributed by atoms with Gasteiger partial charge in [0.2, 0.25) is 0 Å². The lowest BCUT2D eigenvalue weighted by Gasteiger charge is -2.32. The van der Waals surface area contributed by atoms with E-state index in [9.17, 15) is 4.79 Å². The number of Topliss-reactive ketones (excluding diaryl/α,β-unsaturated/α-hetero) is 1. The summed E-state index contributed by atoms with van der Waals surface area (Å²) in [6.07, 6.45) is 3.83. The molecule has 2 rings (SSSR count). The third-order valence-electron chi connectivity index (χ3n) is 3.73. The minimum absolute atomic E-state index is 0.163. The molecule has 0 saturated carbocycles. The third-order valence-corrected chi connectivity index (χ3v) is 3.73. The van der Waals surface area contributed by atoms with E-state index in [4.69, 9.17) is 0 Å². The van der Waals surface area contributed by atoms with Gasteiger partial charge in [0.05, 0.1) is 6.54 Å². The molecule has 4 nitrogen and oxygen atoms in total. The van der Waals surface area contributed by atoms with Crippen molar-refractivity contribution in [3.05, 3.63) is 29.6 Å². The number of carbonyl (C=O) groups is 1. The van der Waals surface area contributed by atoms with Crippen molar-refractivity contribution in [3.8, 4) is 0 Å². The maximum atomic E-state index is 12.2. The summed E-state index contributed by atoms with van der Waals surface area (Å²) < 4.78 is 0. The van der Waals surface area contributed by atoms with Crippen LogP contribution in [0.3, 0.4) is 0 Å². The van der Waals surface area contributed by atoms with Crippen molar-refractivity contribution in [2.75, 3.05) is 26.2 Å². The van der Waals surface area contributed by atoms with Gasteiger partial charge in [-0.1, -0.05) is 13.8 Å². The van der Waals surface area contributed by atoms with Gasteiger partial charge in [0.15, 0.2) is 5.78 Å². The number of nitrogens with zero attached hydrogens (tertiary/aromatic N) is 2. The summed E-state index contributed by atoms with van der Waals surface area (Å²) in [5, 5.41) is 3.37. The second-order valence-electron chi connectivity index (χ2n) is 5.08. The molecule has 1 aliphatic heterocycles. The van der Waals surface area contributed by atoms with Gasteiger partial charge in [-0.15, -0.1) is 0 Å². The standard InChI is InChI=1S/C15H23N3O/c1-3-13-6-5-12(9-17-13)15(19)11-18(4-2)10-14-7-8-16-14/h5-6,9,14,16H,3-4,7-8,10-11H2,1-2H3. The van der Waals surface area contributed by atoms with Crippen molar-refractivity contribution in [2.45, 2.75) is 32.7 Å². The topological polar surface area (TPSA) is 45.2 Å². The Kier molecular flexibility index (Phi) is 5.05. The number of carbonyl (C=O) groups excluding carboxylic acids is 1. The second-order valence-corrected chi connectivity index (χ2v) is 5.08. The maximum absolute atomic E-state index is 12.2. The first kappa shape index (κ1) is 14.2. The molecular formula is C15H23N3O. The Hall–Kier alpha value is -1.26. The number of aryl methyl sites for hydroxylation is 1. The molecule has 4 heteroatoms. The van der Waals surface area contributed by atoms with Crippen molar-refractivity contribution >= 4 is 5.78 Å². The molecule has 0 amide bonds. The molecule has 1 aromatic heterocycles. The van der Waals surface area contributed by atoms with E-state index in [0.29, 0.717) is 12.6 Å². The summed E-state index contributed by atoms with van der Waals surface area (Å²) >= 11 is 0. The Morgan fingerprint density at radius 2 is 2.26 bits per heavy atom. The van der Waals surface area contributed by atoms with Gasteiger partial charge in [-0.25, -0.2) is 0 Å². The molecule has 0 aromatic carbocycles. The molecule has 104 valence electrons. The maximum Gasteiger partial charge on any atom is 0.178 e. The van der Waals surface area contributed by atoms with Gasteiger partial charge in [0.1, 0.15) is 0 Å². The number of pyridine rings is 1. The lowest BCUT2D eigenvalue weighted by molar-refractivity contribution is 0.0918. The van der Waals surface area contributed by atoms with Crippen molar-refractivity contribution in [3.63, 3.8) is 0 Å². The summed E-state index contributed by atoms with van der Waals surface area (Å²) in [4.78, 5) is 18.7. The SMILES string of the molecule is CCc1ccc(C(=O)CN(CC)CC2CCN2)cn1. The van der Waals surface area contributed by atoms with Crippen molar-refractivity contribution in [1.82, 2.24) is 15.2 Å². The van der Waals surface area contributed by atoms with Crippen LogP contribution in [0.4, 0.5) is 0 Å². The highest BCUT2D eigenvalue weighted by atomic mass is 16.1. The molecular weight excluding hydrogens is 238 g/mol. The van der Waals surface area contributed by atoms with E-state index in [-0.39, 0.29) is 5.78 Å². The molecule has 1 fully saturated rings. The number of ketones is 1. The zero-order valence-corrected chi connectivity index (χ0v) is 11.9. The largest absolute Gasteiger partial charge is 0.313 e. The van der Waals surface area contributed by atoms with E-state index in [1.54, 1.807) is 6.20 Å². The number of nitrogens with one attached hydrogen (secondary N) is 1. The van der Waals surface area contributed by atoms with E-state index in [2.05, 4.69) is 29.0 Å². The van der Waals surface area contributed by atoms with Gasteiger partial charge < -0.3 is 5.32 Å². The number of likely N-dealkylation sites (N-methyl/N-ethyl adjacent to an activating group) is 1. The lowest BCUT2D eigenvalue weighted by atomic mass is 10.1. The van der Waals surface area contributed by atoms with Crippen LogP contribution >= 0.6 is 0 Å². The van der Waals surface area contributed by atoms with E-state index >= 15 is 0 Å². The van der Waals surface area contributed by atoms with Crippen LogP contribution < -0.4 is 5.32 Å². The Labute approximate surface area is 115 Å².